The molecule has 0 aliphatic rings. The van der Waals surface area contributed by atoms with Gasteiger partial charge in [0.25, 0.3) is 0 Å². The zero-order valence-electron chi connectivity index (χ0n) is 29.1. The monoisotopic (exact) mass is 644 g/mol. The Labute approximate surface area is 287 Å². The van der Waals surface area contributed by atoms with Crippen LogP contribution in [0.2, 0.25) is 0 Å². The fraction of sp³-hybridized carbons (Fsp3) is 0.214. The first-order valence-corrected chi connectivity index (χ1v) is 16.6. The molecule has 244 valence electrons. The molecule has 0 aliphatic carbocycles. The standard InChI is InChI=1S/C42H40N6O/c1-27(2)29-19-20-44-39(21-29)47-37-16-12-11-15-34(37)35-18-17-32(25-38(35)47)49-33-23-30(42(3,4)5)22-31(24-33)48-41(46(6)7)40(36(26-43)45-48)28-13-9-8-10-14-28/h8-25,27H,1-7H3. The molecule has 0 saturated carbocycles. The van der Waals surface area contributed by atoms with Crippen LogP contribution in [-0.4, -0.2) is 33.4 Å². The van der Waals surface area contributed by atoms with Crippen LogP contribution in [0.15, 0.2) is 109 Å². The van der Waals surface area contributed by atoms with Crippen LogP contribution in [0, 0.1) is 11.3 Å². The van der Waals surface area contributed by atoms with Gasteiger partial charge in [0.1, 0.15) is 29.2 Å². The second-order valence-electron chi connectivity index (χ2n) is 14.0. The van der Waals surface area contributed by atoms with Gasteiger partial charge in [0, 0.05) is 43.2 Å². The highest BCUT2D eigenvalue weighted by molar-refractivity contribution is 6.09. The fourth-order valence-corrected chi connectivity index (χ4v) is 6.46. The molecule has 0 aliphatic heterocycles. The van der Waals surface area contributed by atoms with E-state index in [1.165, 1.54) is 5.56 Å². The van der Waals surface area contributed by atoms with Crippen LogP contribution in [0.1, 0.15) is 57.4 Å². The second-order valence-corrected chi connectivity index (χ2v) is 14.0. The summed E-state index contributed by atoms with van der Waals surface area (Å²) in [7, 11) is 3.96. The summed E-state index contributed by atoms with van der Waals surface area (Å²) in [5.41, 5.74) is 7.18. The van der Waals surface area contributed by atoms with Crippen molar-refractivity contribution in [1.29, 1.82) is 5.26 Å². The van der Waals surface area contributed by atoms with E-state index in [2.05, 4.69) is 106 Å². The summed E-state index contributed by atoms with van der Waals surface area (Å²) in [6.07, 6.45) is 1.89. The molecular formula is C42H40N6O. The van der Waals surface area contributed by atoms with E-state index in [1.807, 2.05) is 72.3 Å². The van der Waals surface area contributed by atoms with Crippen LogP contribution < -0.4 is 9.64 Å². The molecule has 0 atom stereocenters. The molecule has 0 saturated heterocycles. The quantitative estimate of drug-likeness (QED) is 0.173. The van der Waals surface area contributed by atoms with E-state index in [0.717, 1.165) is 55.8 Å². The minimum atomic E-state index is -0.177. The number of aromatic nitrogens is 4. The third kappa shape index (κ3) is 5.80. The van der Waals surface area contributed by atoms with Crippen LogP contribution in [0.4, 0.5) is 5.82 Å². The molecule has 7 rings (SSSR count). The Balaban J connectivity index is 1.39. The van der Waals surface area contributed by atoms with E-state index in [0.29, 0.717) is 23.1 Å². The maximum atomic E-state index is 10.2. The Morgan fingerprint density at radius 3 is 2.24 bits per heavy atom. The van der Waals surface area contributed by atoms with E-state index < -0.39 is 0 Å². The number of para-hydroxylation sites is 1. The van der Waals surface area contributed by atoms with Crippen LogP contribution in [0.25, 0.3) is 44.4 Å². The van der Waals surface area contributed by atoms with Gasteiger partial charge in [0.05, 0.1) is 22.3 Å². The Kier molecular flexibility index (Phi) is 7.96. The summed E-state index contributed by atoms with van der Waals surface area (Å²) in [4.78, 5) is 6.82. The summed E-state index contributed by atoms with van der Waals surface area (Å²) in [6.45, 7) is 11.0. The van der Waals surface area contributed by atoms with Gasteiger partial charge in [0.2, 0.25) is 0 Å². The van der Waals surface area contributed by atoms with Crippen molar-refractivity contribution >= 4 is 27.6 Å². The lowest BCUT2D eigenvalue weighted by atomic mass is 9.86. The van der Waals surface area contributed by atoms with E-state index in [1.54, 1.807) is 0 Å². The lowest BCUT2D eigenvalue weighted by Crippen LogP contribution is -2.16. The molecule has 3 aromatic heterocycles. The van der Waals surface area contributed by atoms with Crippen molar-refractivity contribution in [3.05, 3.63) is 126 Å². The molecular weight excluding hydrogens is 605 g/mol. The van der Waals surface area contributed by atoms with Gasteiger partial charge in [-0.2, -0.15) is 10.4 Å². The first-order valence-electron chi connectivity index (χ1n) is 16.6. The van der Waals surface area contributed by atoms with Crippen molar-refractivity contribution in [1.82, 2.24) is 19.3 Å². The lowest BCUT2D eigenvalue weighted by Gasteiger charge is -2.23. The minimum absolute atomic E-state index is 0.177. The van der Waals surface area contributed by atoms with Crippen molar-refractivity contribution < 1.29 is 4.74 Å². The number of nitrogens with zero attached hydrogens (tertiary/aromatic N) is 6. The summed E-state index contributed by atoms with van der Waals surface area (Å²) >= 11 is 0. The van der Waals surface area contributed by atoms with Crippen LogP contribution in [-0.2, 0) is 5.41 Å². The summed E-state index contributed by atoms with van der Waals surface area (Å²) < 4.78 is 10.8. The molecule has 0 radical (unpaired) electrons. The Hall–Kier alpha value is -5.87. The molecule has 49 heavy (non-hydrogen) atoms. The van der Waals surface area contributed by atoms with Crippen molar-refractivity contribution in [2.75, 3.05) is 19.0 Å². The largest absolute Gasteiger partial charge is 0.457 e. The summed E-state index contributed by atoms with van der Waals surface area (Å²) in [5, 5.41) is 17.3. The van der Waals surface area contributed by atoms with Gasteiger partial charge in [-0.3, -0.25) is 4.57 Å². The molecule has 4 aromatic carbocycles. The molecule has 3 heterocycles. The number of nitriles is 1. The van der Waals surface area contributed by atoms with E-state index in [4.69, 9.17) is 14.8 Å². The molecule has 7 aromatic rings. The first-order chi connectivity index (χ1) is 23.5. The number of anilines is 1. The predicted octanol–water partition coefficient (Wildman–Crippen LogP) is 10.2. The van der Waals surface area contributed by atoms with Crippen LogP contribution >= 0.6 is 0 Å². The predicted molar refractivity (Wildman–Crippen MR) is 199 cm³/mol. The highest BCUT2D eigenvalue weighted by Crippen LogP contribution is 2.39. The van der Waals surface area contributed by atoms with Gasteiger partial charge in [0.15, 0.2) is 5.69 Å². The topological polar surface area (TPSA) is 71.9 Å². The number of rotatable bonds is 7. The maximum Gasteiger partial charge on any atom is 0.172 e. The average Bonchev–Trinajstić information content (AvgIpc) is 3.64. The van der Waals surface area contributed by atoms with Gasteiger partial charge < -0.3 is 9.64 Å². The number of hydrogen-bond acceptors (Lipinski definition) is 5. The van der Waals surface area contributed by atoms with E-state index in [-0.39, 0.29) is 5.41 Å². The third-order valence-electron chi connectivity index (χ3n) is 9.00. The van der Waals surface area contributed by atoms with Gasteiger partial charge in [-0.05, 0) is 70.5 Å². The number of fused-ring (bicyclic) bond motifs is 3. The van der Waals surface area contributed by atoms with E-state index >= 15 is 0 Å². The highest BCUT2D eigenvalue weighted by atomic mass is 16.5. The lowest BCUT2D eigenvalue weighted by molar-refractivity contribution is 0.478. The Bertz CT molecular complexity index is 2370. The van der Waals surface area contributed by atoms with Gasteiger partial charge in [-0.25, -0.2) is 9.67 Å². The van der Waals surface area contributed by atoms with Crippen molar-refractivity contribution in [2.24, 2.45) is 0 Å². The number of benzene rings is 4. The van der Waals surface area contributed by atoms with E-state index in [9.17, 15) is 5.26 Å². The van der Waals surface area contributed by atoms with Crippen molar-refractivity contribution in [2.45, 2.75) is 46.0 Å². The molecule has 7 nitrogen and oxygen atoms in total. The maximum absolute atomic E-state index is 10.2. The smallest absolute Gasteiger partial charge is 0.172 e. The summed E-state index contributed by atoms with van der Waals surface area (Å²) in [6, 6.07) is 37.5. The van der Waals surface area contributed by atoms with Crippen LogP contribution in [0.3, 0.4) is 0 Å². The van der Waals surface area contributed by atoms with Gasteiger partial charge >= 0.3 is 0 Å². The van der Waals surface area contributed by atoms with Crippen LogP contribution in [0.5, 0.6) is 11.5 Å². The number of pyridine rings is 1. The first kappa shape index (κ1) is 31.7. The summed E-state index contributed by atoms with van der Waals surface area (Å²) in [5.74, 6) is 3.48. The number of ether oxygens (including phenoxy) is 1. The molecule has 0 bridgehead atoms. The molecule has 0 spiro atoms. The zero-order valence-corrected chi connectivity index (χ0v) is 29.1. The normalized spacial score (nSPS) is 11.7. The van der Waals surface area contributed by atoms with Gasteiger partial charge in [-0.15, -0.1) is 0 Å². The molecule has 0 N–H and O–H groups in total. The van der Waals surface area contributed by atoms with Crippen molar-refractivity contribution in [3.63, 3.8) is 0 Å². The van der Waals surface area contributed by atoms with Gasteiger partial charge in [-0.1, -0.05) is 83.1 Å². The Morgan fingerprint density at radius 2 is 1.53 bits per heavy atom. The highest BCUT2D eigenvalue weighted by Gasteiger charge is 2.24. The van der Waals surface area contributed by atoms with Crippen molar-refractivity contribution in [3.8, 4) is 40.2 Å². The Morgan fingerprint density at radius 1 is 0.796 bits per heavy atom. The minimum Gasteiger partial charge on any atom is -0.457 e. The molecule has 0 amide bonds. The SMILES string of the molecule is CC(C)c1ccnc(-n2c3ccccc3c3ccc(Oc4cc(-n5nc(C#N)c(-c6ccccc6)c5N(C)C)cc(C(C)(C)C)c4)cc32)c1. The zero-order chi connectivity index (χ0) is 34.4. The second kappa shape index (κ2) is 12.3. The average molecular weight is 645 g/mol. The number of hydrogen-bond donors (Lipinski definition) is 0. The fourth-order valence-electron chi connectivity index (χ4n) is 6.46. The third-order valence-corrected chi connectivity index (χ3v) is 9.00. The molecule has 0 fully saturated rings. The molecule has 0 unspecified atom stereocenters. The molecule has 7 heteroatoms.